The van der Waals surface area contributed by atoms with E-state index in [1.165, 1.54) is 36.1 Å². The average Bonchev–Trinajstić information content (AvgIpc) is 3.42. The Bertz CT molecular complexity index is 922. The third-order valence-electron chi connectivity index (χ3n) is 7.79. The molecule has 2 aromatic carbocycles. The van der Waals surface area contributed by atoms with E-state index in [1.54, 1.807) is 0 Å². The number of morpholine rings is 1. The molecule has 0 unspecified atom stereocenters. The fourth-order valence-electron chi connectivity index (χ4n) is 6.56. The summed E-state index contributed by atoms with van der Waals surface area (Å²) in [5.74, 6) is 2.94. The van der Waals surface area contributed by atoms with Crippen molar-refractivity contribution >= 4 is 11.6 Å². The zero-order valence-corrected chi connectivity index (χ0v) is 16.7. The van der Waals surface area contributed by atoms with Crippen LogP contribution in [0.15, 0.2) is 48.5 Å². The topological polar surface area (TPSA) is 41.6 Å². The highest BCUT2D eigenvalue weighted by molar-refractivity contribution is 5.95. The van der Waals surface area contributed by atoms with Gasteiger partial charge in [-0.2, -0.15) is 0 Å². The number of amides is 1. The minimum absolute atomic E-state index is 0.154. The maximum Gasteiger partial charge on any atom is 0.254 e. The summed E-state index contributed by atoms with van der Waals surface area (Å²) in [5, 5.41) is 3.87. The van der Waals surface area contributed by atoms with E-state index in [9.17, 15) is 4.79 Å². The molecule has 2 aromatic rings. The Morgan fingerprint density at radius 2 is 1.79 bits per heavy atom. The molecule has 0 radical (unpaired) electrons. The highest BCUT2D eigenvalue weighted by Gasteiger charge is 2.53. The van der Waals surface area contributed by atoms with Crippen LogP contribution in [0.1, 0.15) is 52.7 Å². The lowest BCUT2D eigenvalue weighted by molar-refractivity contribution is 0.0303. The molecule has 2 bridgehead atoms. The molecule has 1 N–H and O–H groups in total. The van der Waals surface area contributed by atoms with E-state index < -0.39 is 0 Å². The number of fused-ring (bicyclic) bond motifs is 7. The summed E-state index contributed by atoms with van der Waals surface area (Å²) in [7, 11) is 0. The first-order valence-electron chi connectivity index (χ1n) is 11.1. The number of nitrogens with one attached hydrogen (secondary N) is 1. The van der Waals surface area contributed by atoms with E-state index in [1.807, 2.05) is 11.0 Å². The third-order valence-corrected chi connectivity index (χ3v) is 7.79. The van der Waals surface area contributed by atoms with Crippen molar-refractivity contribution in [3.8, 4) is 0 Å². The van der Waals surface area contributed by atoms with Crippen molar-refractivity contribution in [1.82, 2.24) is 4.90 Å². The zero-order valence-electron chi connectivity index (χ0n) is 16.7. The number of rotatable bonds is 2. The van der Waals surface area contributed by atoms with Gasteiger partial charge in [0.2, 0.25) is 0 Å². The van der Waals surface area contributed by atoms with Crippen molar-refractivity contribution in [2.75, 3.05) is 31.6 Å². The van der Waals surface area contributed by atoms with Gasteiger partial charge in [-0.3, -0.25) is 4.79 Å². The van der Waals surface area contributed by atoms with E-state index in [0.717, 1.165) is 17.4 Å². The number of carbonyl (C=O) groups excluding carboxylic acids is 1. The predicted octanol–water partition coefficient (Wildman–Crippen LogP) is 4.46. The van der Waals surface area contributed by atoms with Crippen LogP contribution in [0.4, 0.5) is 5.69 Å². The molecule has 2 saturated carbocycles. The summed E-state index contributed by atoms with van der Waals surface area (Å²) in [6.45, 7) is 2.68. The van der Waals surface area contributed by atoms with Crippen LogP contribution in [0.5, 0.6) is 0 Å². The van der Waals surface area contributed by atoms with Crippen LogP contribution in [0.25, 0.3) is 0 Å². The molecule has 3 fully saturated rings. The molecule has 1 amide bonds. The molecular weight excluding hydrogens is 360 g/mol. The third kappa shape index (κ3) is 2.80. The molecule has 0 aromatic heterocycles. The van der Waals surface area contributed by atoms with Crippen molar-refractivity contribution in [2.24, 2.45) is 17.8 Å². The quantitative estimate of drug-likeness (QED) is 0.826. The second-order valence-corrected chi connectivity index (χ2v) is 9.18. The zero-order chi connectivity index (χ0) is 19.4. The van der Waals surface area contributed by atoms with Gasteiger partial charge in [-0.25, -0.2) is 0 Å². The number of anilines is 1. The van der Waals surface area contributed by atoms with E-state index in [2.05, 4.69) is 47.8 Å². The molecule has 5 atom stereocenters. The van der Waals surface area contributed by atoms with Gasteiger partial charge in [-0.15, -0.1) is 0 Å². The van der Waals surface area contributed by atoms with Crippen LogP contribution in [0, 0.1) is 17.8 Å². The minimum Gasteiger partial charge on any atom is -0.378 e. The summed E-state index contributed by atoms with van der Waals surface area (Å²) in [6, 6.07) is 17.7. The molecule has 2 heterocycles. The van der Waals surface area contributed by atoms with E-state index in [0.29, 0.717) is 44.2 Å². The van der Waals surface area contributed by atoms with Crippen molar-refractivity contribution in [3.05, 3.63) is 65.2 Å². The highest BCUT2D eigenvalue weighted by Crippen LogP contribution is 2.63. The van der Waals surface area contributed by atoms with Gasteiger partial charge in [-0.05, 0) is 72.3 Å². The molecule has 2 aliphatic heterocycles. The Balaban J connectivity index is 1.38. The summed E-state index contributed by atoms with van der Waals surface area (Å²) >= 11 is 0. The summed E-state index contributed by atoms with van der Waals surface area (Å²) in [4.78, 5) is 15.0. The van der Waals surface area contributed by atoms with Crippen LogP contribution >= 0.6 is 0 Å². The highest BCUT2D eigenvalue weighted by atomic mass is 16.5. The molecular formula is C25H28N2O2. The first-order valence-corrected chi connectivity index (χ1v) is 11.1. The fraction of sp³-hybridized carbons (Fsp3) is 0.480. The van der Waals surface area contributed by atoms with Crippen LogP contribution < -0.4 is 5.32 Å². The lowest BCUT2D eigenvalue weighted by atomic mass is 9.68. The molecule has 6 rings (SSSR count). The Morgan fingerprint density at radius 1 is 1.00 bits per heavy atom. The van der Waals surface area contributed by atoms with E-state index >= 15 is 0 Å². The number of carbonyl (C=O) groups is 1. The van der Waals surface area contributed by atoms with Gasteiger partial charge >= 0.3 is 0 Å². The van der Waals surface area contributed by atoms with E-state index in [-0.39, 0.29) is 5.91 Å². The molecule has 4 heteroatoms. The lowest BCUT2D eigenvalue weighted by Crippen LogP contribution is -2.41. The molecule has 2 aliphatic carbocycles. The maximum atomic E-state index is 13.1. The number of nitrogens with zero attached hydrogens (tertiary/aromatic N) is 1. The number of hydrogen-bond acceptors (Lipinski definition) is 3. The minimum atomic E-state index is 0.154. The van der Waals surface area contributed by atoms with Gasteiger partial charge in [0.1, 0.15) is 0 Å². The number of benzene rings is 2. The number of ether oxygens (including phenoxy) is 1. The lowest BCUT2D eigenvalue weighted by Gasteiger charge is -2.43. The first kappa shape index (κ1) is 17.5. The summed E-state index contributed by atoms with van der Waals surface area (Å²) < 4.78 is 5.42. The molecule has 4 aliphatic rings. The van der Waals surface area contributed by atoms with Crippen molar-refractivity contribution in [3.63, 3.8) is 0 Å². The fourth-order valence-corrected chi connectivity index (χ4v) is 6.56. The van der Waals surface area contributed by atoms with Crippen molar-refractivity contribution in [1.29, 1.82) is 0 Å². The predicted molar refractivity (Wildman–Crippen MR) is 113 cm³/mol. The largest absolute Gasteiger partial charge is 0.378 e. The van der Waals surface area contributed by atoms with Gasteiger partial charge < -0.3 is 15.0 Å². The SMILES string of the molecule is O=C(c1ccc2c(c1)[C@H]1[C@H]3CC[C@@H](C3)[C@H]1[C@@H](c1ccccc1)N2)N1CCOCC1. The number of hydrogen-bond donors (Lipinski definition) is 1. The van der Waals surface area contributed by atoms with Crippen LogP contribution in [0.2, 0.25) is 0 Å². The smallest absolute Gasteiger partial charge is 0.254 e. The van der Waals surface area contributed by atoms with Gasteiger partial charge in [-0.1, -0.05) is 30.3 Å². The van der Waals surface area contributed by atoms with Crippen LogP contribution in [-0.2, 0) is 4.74 Å². The monoisotopic (exact) mass is 388 g/mol. The standard InChI is InChI=1S/C25H28N2O2/c28-25(27-10-12-29-13-11-27)19-8-9-21-20(15-19)22-17-6-7-18(14-17)23(22)24(26-21)16-4-2-1-3-5-16/h1-5,8-9,15,17-18,22-24,26H,6-7,10-14H2/t17-,18-,22+,23+,24+/m0/s1. The summed E-state index contributed by atoms with van der Waals surface area (Å²) in [6.07, 6.45) is 4.05. The average molecular weight is 389 g/mol. The van der Waals surface area contributed by atoms with Gasteiger partial charge in [0.15, 0.2) is 0 Å². The Kier molecular flexibility index (Phi) is 4.15. The molecule has 29 heavy (non-hydrogen) atoms. The van der Waals surface area contributed by atoms with E-state index in [4.69, 9.17) is 4.74 Å². The second kappa shape index (κ2) is 6.88. The molecule has 1 saturated heterocycles. The molecule has 4 nitrogen and oxygen atoms in total. The first-order chi connectivity index (χ1) is 14.3. The van der Waals surface area contributed by atoms with Crippen LogP contribution in [0.3, 0.4) is 0 Å². The normalized spacial score (nSPS) is 32.4. The summed E-state index contributed by atoms with van der Waals surface area (Å²) in [5.41, 5.74) is 4.85. The van der Waals surface area contributed by atoms with Gasteiger partial charge in [0.05, 0.1) is 19.3 Å². The van der Waals surface area contributed by atoms with Crippen molar-refractivity contribution in [2.45, 2.75) is 31.2 Å². The Morgan fingerprint density at radius 3 is 2.62 bits per heavy atom. The Hall–Kier alpha value is -2.33. The van der Waals surface area contributed by atoms with Crippen molar-refractivity contribution < 1.29 is 9.53 Å². The van der Waals surface area contributed by atoms with Gasteiger partial charge in [0.25, 0.3) is 5.91 Å². The molecule has 0 spiro atoms. The Labute approximate surface area is 172 Å². The van der Waals surface area contributed by atoms with Gasteiger partial charge in [0, 0.05) is 24.3 Å². The molecule has 150 valence electrons. The second-order valence-electron chi connectivity index (χ2n) is 9.18. The maximum absolute atomic E-state index is 13.1. The van der Waals surface area contributed by atoms with Crippen LogP contribution in [-0.4, -0.2) is 37.1 Å².